The number of amides is 1. The average Bonchev–Trinajstić information content (AvgIpc) is 3.08. The Kier molecular flexibility index (Phi) is 4.63. The van der Waals surface area contributed by atoms with E-state index < -0.39 is 25.8 Å². The fourth-order valence-electron chi connectivity index (χ4n) is 3.84. The van der Waals surface area contributed by atoms with Gasteiger partial charge in [0, 0.05) is 23.0 Å². The summed E-state index contributed by atoms with van der Waals surface area (Å²) in [5.41, 5.74) is 1.82. The van der Waals surface area contributed by atoms with Gasteiger partial charge in [0.15, 0.2) is 11.5 Å². The van der Waals surface area contributed by atoms with Gasteiger partial charge in [-0.25, -0.2) is 8.78 Å². The van der Waals surface area contributed by atoms with Gasteiger partial charge in [-0.05, 0) is 30.2 Å². The second-order valence-corrected chi connectivity index (χ2v) is 13.1. The van der Waals surface area contributed by atoms with Crippen LogP contribution in [0.15, 0.2) is 24.3 Å². The standard InChI is InChI=1S/C20H22F2N2O3Si/c1-28(2,3)19-14(21)8-11(9-15(19)22)24-20(25)17-12-4-5-16-18(27-10-26-16)13(12)6-7-23-17/h4-5,8-9,17,23H,6-7,10H2,1-3H3,(H,24,25). The number of hydrogen-bond donors (Lipinski definition) is 2. The lowest BCUT2D eigenvalue weighted by atomic mass is 9.92. The topological polar surface area (TPSA) is 59.6 Å². The Morgan fingerprint density at radius 1 is 1.18 bits per heavy atom. The molecule has 148 valence electrons. The first-order valence-corrected chi connectivity index (χ1v) is 12.7. The summed E-state index contributed by atoms with van der Waals surface area (Å²) in [7, 11) is -2.18. The zero-order valence-electron chi connectivity index (χ0n) is 16.0. The summed E-state index contributed by atoms with van der Waals surface area (Å²) in [6.07, 6.45) is 0.708. The Morgan fingerprint density at radius 2 is 1.89 bits per heavy atom. The molecule has 1 atom stereocenters. The van der Waals surface area contributed by atoms with Gasteiger partial charge in [0.05, 0.1) is 8.07 Å². The Balaban J connectivity index is 1.61. The van der Waals surface area contributed by atoms with Crippen molar-refractivity contribution in [2.24, 2.45) is 0 Å². The van der Waals surface area contributed by atoms with Crippen molar-refractivity contribution >= 4 is 24.9 Å². The zero-order valence-corrected chi connectivity index (χ0v) is 17.0. The van der Waals surface area contributed by atoms with Crippen molar-refractivity contribution < 1.29 is 23.0 Å². The monoisotopic (exact) mass is 404 g/mol. The molecule has 1 amide bonds. The van der Waals surface area contributed by atoms with Crippen LogP contribution in [0.3, 0.4) is 0 Å². The lowest BCUT2D eigenvalue weighted by Gasteiger charge is -2.27. The molecule has 0 saturated carbocycles. The fraction of sp³-hybridized carbons (Fsp3) is 0.350. The maximum Gasteiger partial charge on any atom is 0.246 e. The lowest BCUT2D eigenvalue weighted by Crippen LogP contribution is -2.42. The number of fused-ring (bicyclic) bond motifs is 3. The van der Waals surface area contributed by atoms with Crippen molar-refractivity contribution in [3.8, 4) is 11.5 Å². The average molecular weight is 404 g/mol. The fourth-order valence-corrected chi connectivity index (χ4v) is 5.41. The third-order valence-electron chi connectivity index (χ3n) is 5.03. The molecule has 8 heteroatoms. The first-order chi connectivity index (χ1) is 13.3. The van der Waals surface area contributed by atoms with E-state index in [0.29, 0.717) is 24.5 Å². The van der Waals surface area contributed by atoms with Crippen LogP contribution in [-0.2, 0) is 11.2 Å². The van der Waals surface area contributed by atoms with Crippen molar-refractivity contribution in [1.82, 2.24) is 5.32 Å². The Bertz CT molecular complexity index is 936. The highest BCUT2D eigenvalue weighted by atomic mass is 28.3. The van der Waals surface area contributed by atoms with Gasteiger partial charge in [0.2, 0.25) is 12.7 Å². The minimum Gasteiger partial charge on any atom is -0.454 e. The van der Waals surface area contributed by atoms with Crippen molar-refractivity contribution in [2.75, 3.05) is 18.7 Å². The summed E-state index contributed by atoms with van der Waals surface area (Å²) in [5.74, 6) is -0.261. The molecule has 0 saturated heterocycles. The summed E-state index contributed by atoms with van der Waals surface area (Å²) >= 11 is 0. The van der Waals surface area contributed by atoms with E-state index in [1.54, 1.807) is 6.07 Å². The van der Waals surface area contributed by atoms with E-state index in [2.05, 4.69) is 10.6 Å². The number of anilines is 1. The van der Waals surface area contributed by atoms with Crippen LogP contribution in [0.4, 0.5) is 14.5 Å². The van der Waals surface area contributed by atoms with Crippen LogP contribution in [-0.4, -0.2) is 27.3 Å². The normalized spacial score (nSPS) is 18.0. The number of rotatable bonds is 3. The number of ether oxygens (including phenoxy) is 2. The summed E-state index contributed by atoms with van der Waals surface area (Å²) in [6, 6.07) is 5.35. The molecule has 1 unspecified atom stereocenters. The van der Waals surface area contributed by atoms with Crippen LogP contribution in [0.5, 0.6) is 11.5 Å². The third kappa shape index (κ3) is 3.27. The van der Waals surface area contributed by atoms with Crippen molar-refractivity contribution in [3.63, 3.8) is 0 Å². The highest BCUT2D eigenvalue weighted by molar-refractivity contribution is 6.88. The summed E-state index contributed by atoms with van der Waals surface area (Å²) in [5, 5.41) is 5.94. The number of benzene rings is 2. The van der Waals surface area contributed by atoms with E-state index >= 15 is 0 Å². The van der Waals surface area contributed by atoms with Crippen molar-refractivity contribution in [3.05, 3.63) is 47.0 Å². The molecule has 0 fully saturated rings. The SMILES string of the molecule is C[Si](C)(C)c1c(F)cc(NC(=O)C2NCCc3c2ccc2c3OCO2)cc1F. The van der Waals surface area contributed by atoms with Gasteiger partial charge in [-0.2, -0.15) is 0 Å². The molecule has 0 spiro atoms. The molecule has 28 heavy (non-hydrogen) atoms. The lowest BCUT2D eigenvalue weighted by molar-refractivity contribution is -0.118. The molecule has 2 aromatic carbocycles. The van der Waals surface area contributed by atoms with Crippen LogP contribution >= 0.6 is 0 Å². The predicted molar refractivity (Wildman–Crippen MR) is 105 cm³/mol. The molecule has 0 radical (unpaired) electrons. The first-order valence-electron chi connectivity index (χ1n) is 9.21. The van der Waals surface area contributed by atoms with Crippen LogP contribution in [0.1, 0.15) is 17.2 Å². The molecule has 2 aromatic rings. The minimum absolute atomic E-state index is 0.108. The second-order valence-electron chi connectivity index (χ2n) is 8.06. The number of carbonyl (C=O) groups is 1. The van der Waals surface area contributed by atoms with E-state index in [1.807, 2.05) is 25.7 Å². The maximum absolute atomic E-state index is 14.5. The molecule has 4 rings (SSSR count). The molecule has 2 heterocycles. The molecule has 2 aliphatic heterocycles. The Labute approximate surface area is 163 Å². The molecule has 0 aromatic heterocycles. The van der Waals surface area contributed by atoms with E-state index in [0.717, 1.165) is 11.1 Å². The minimum atomic E-state index is -2.18. The summed E-state index contributed by atoms with van der Waals surface area (Å²) in [6.45, 7) is 6.37. The molecule has 0 aliphatic carbocycles. The highest BCUT2D eigenvalue weighted by Crippen LogP contribution is 2.41. The van der Waals surface area contributed by atoms with Crippen LogP contribution in [0.25, 0.3) is 0 Å². The molecule has 5 nitrogen and oxygen atoms in total. The smallest absolute Gasteiger partial charge is 0.246 e. The van der Waals surface area contributed by atoms with Gasteiger partial charge in [-0.1, -0.05) is 25.7 Å². The van der Waals surface area contributed by atoms with Gasteiger partial charge < -0.3 is 20.1 Å². The second kappa shape index (κ2) is 6.86. The van der Waals surface area contributed by atoms with Gasteiger partial charge in [-0.15, -0.1) is 0 Å². The van der Waals surface area contributed by atoms with E-state index in [1.165, 1.54) is 12.1 Å². The van der Waals surface area contributed by atoms with Crippen LogP contribution in [0, 0.1) is 11.6 Å². The van der Waals surface area contributed by atoms with E-state index in [9.17, 15) is 13.6 Å². The van der Waals surface area contributed by atoms with Gasteiger partial charge in [-0.3, -0.25) is 4.79 Å². The molecular weight excluding hydrogens is 382 g/mol. The quantitative estimate of drug-likeness (QED) is 0.772. The molecule has 2 N–H and O–H groups in total. The molecule has 0 bridgehead atoms. The number of hydrogen-bond acceptors (Lipinski definition) is 4. The van der Waals surface area contributed by atoms with Crippen molar-refractivity contribution in [1.29, 1.82) is 0 Å². The predicted octanol–water partition coefficient (Wildman–Crippen LogP) is 3.06. The van der Waals surface area contributed by atoms with Crippen LogP contribution < -0.4 is 25.3 Å². The largest absolute Gasteiger partial charge is 0.454 e. The first kappa shape index (κ1) is 18.9. The summed E-state index contributed by atoms with van der Waals surface area (Å²) in [4.78, 5) is 12.9. The number of nitrogens with one attached hydrogen (secondary N) is 2. The Hall–Kier alpha value is -2.45. The molecule has 2 aliphatic rings. The van der Waals surface area contributed by atoms with E-state index in [4.69, 9.17) is 9.47 Å². The number of carbonyl (C=O) groups excluding carboxylic acids is 1. The number of halogens is 2. The van der Waals surface area contributed by atoms with E-state index in [-0.39, 0.29) is 23.6 Å². The van der Waals surface area contributed by atoms with Crippen LogP contribution in [0.2, 0.25) is 19.6 Å². The van der Waals surface area contributed by atoms with Crippen molar-refractivity contribution in [2.45, 2.75) is 32.1 Å². The molecular formula is C20H22F2N2O3Si. The Morgan fingerprint density at radius 3 is 2.57 bits per heavy atom. The third-order valence-corrected chi connectivity index (χ3v) is 7.01. The van der Waals surface area contributed by atoms with Gasteiger partial charge >= 0.3 is 0 Å². The van der Waals surface area contributed by atoms with Gasteiger partial charge in [0.25, 0.3) is 0 Å². The highest BCUT2D eigenvalue weighted by Gasteiger charge is 2.32. The zero-order chi connectivity index (χ0) is 20.1. The maximum atomic E-state index is 14.5. The van der Waals surface area contributed by atoms with Gasteiger partial charge in [0.1, 0.15) is 17.7 Å². The summed E-state index contributed by atoms with van der Waals surface area (Å²) < 4.78 is 39.9.